The van der Waals surface area contributed by atoms with Crippen LogP contribution in [0.5, 0.6) is 0 Å². The van der Waals surface area contributed by atoms with E-state index in [1.165, 1.54) is 11.3 Å². The van der Waals surface area contributed by atoms with Crippen molar-refractivity contribution in [2.45, 2.75) is 103 Å². The number of cyclic esters (lactones) is 1. The van der Waals surface area contributed by atoms with E-state index >= 15 is 0 Å². The smallest absolute Gasteiger partial charge is 0.309 e. The van der Waals surface area contributed by atoms with Crippen molar-refractivity contribution in [3.8, 4) is 0 Å². The van der Waals surface area contributed by atoms with E-state index in [0.717, 1.165) is 16.3 Å². The molecule has 7 nitrogen and oxygen atoms in total. The predicted molar refractivity (Wildman–Crippen MR) is 138 cm³/mol. The minimum Gasteiger partial charge on any atom is -0.458 e. The van der Waals surface area contributed by atoms with Gasteiger partial charge in [-0.05, 0) is 44.3 Å². The van der Waals surface area contributed by atoms with Crippen molar-refractivity contribution >= 4 is 40.8 Å². The highest BCUT2D eigenvalue weighted by Gasteiger charge is 2.42. The van der Waals surface area contributed by atoms with Gasteiger partial charge in [0.25, 0.3) is 0 Å². The summed E-state index contributed by atoms with van der Waals surface area (Å²) in [5.74, 6) is -1.88. The van der Waals surface area contributed by atoms with Gasteiger partial charge in [-0.15, -0.1) is 22.9 Å². The van der Waals surface area contributed by atoms with Crippen molar-refractivity contribution in [2.75, 3.05) is 0 Å². The summed E-state index contributed by atoms with van der Waals surface area (Å²) in [5.41, 5.74) is 0.214. The first-order valence-corrected chi connectivity index (χ1v) is 13.6. The summed E-state index contributed by atoms with van der Waals surface area (Å²) in [5, 5.41) is 34.4. The number of ether oxygens (including phenoxy) is 1. The average Bonchev–Trinajstić information content (AvgIpc) is 3.20. The number of carbonyl (C=O) groups is 2. The lowest BCUT2D eigenvalue weighted by Gasteiger charge is -2.34. The summed E-state index contributed by atoms with van der Waals surface area (Å²) in [4.78, 5) is 30.4. The predicted octanol–water partition coefficient (Wildman–Crippen LogP) is 4.29. The van der Waals surface area contributed by atoms with Gasteiger partial charge in [0.2, 0.25) is 0 Å². The van der Waals surface area contributed by atoms with E-state index in [-0.39, 0.29) is 24.5 Å². The van der Waals surface area contributed by atoms with Crippen molar-refractivity contribution < 1.29 is 29.6 Å². The summed E-state index contributed by atoms with van der Waals surface area (Å²) in [7, 11) is 0. The molecule has 1 aromatic rings. The molecule has 7 atom stereocenters. The highest BCUT2D eigenvalue weighted by molar-refractivity contribution is 7.09. The number of halogens is 1. The molecule has 1 aromatic heterocycles. The highest BCUT2D eigenvalue weighted by atomic mass is 35.5. The van der Waals surface area contributed by atoms with Gasteiger partial charge in [-0.1, -0.05) is 34.1 Å². The van der Waals surface area contributed by atoms with Gasteiger partial charge in [-0.3, -0.25) is 9.59 Å². The molecule has 0 saturated carbocycles. The molecule has 1 fully saturated rings. The minimum absolute atomic E-state index is 0.180. The molecule has 3 N–H and O–H groups in total. The van der Waals surface area contributed by atoms with Gasteiger partial charge in [-0.25, -0.2) is 4.98 Å². The maximum absolute atomic E-state index is 13.2. The third-order valence-electron chi connectivity index (χ3n) is 7.15. The second kappa shape index (κ2) is 12.8. The molecule has 1 aliphatic rings. The van der Waals surface area contributed by atoms with Crippen LogP contribution >= 0.6 is 22.9 Å². The van der Waals surface area contributed by atoms with E-state index in [1.54, 1.807) is 20.8 Å². The fourth-order valence-electron chi connectivity index (χ4n) is 4.48. The van der Waals surface area contributed by atoms with Crippen LogP contribution in [0, 0.1) is 24.2 Å². The zero-order chi connectivity index (χ0) is 26.5. The molecule has 0 bridgehead atoms. The van der Waals surface area contributed by atoms with Gasteiger partial charge in [-0.2, -0.15) is 0 Å². The van der Waals surface area contributed by atoms with E-state index in [0.29, 0.717) is 19.3 Å². The van der Waals surface area contributed by atoms with E-state index in [4.69, 9.17) is 16.3 Å². The van der Waals surface area contributed by atoms with Gasteiger partial charge < -0.3 is 20.1 Å². The van der Waals surface area contributed by atoms with Crippen LogP contribution in [-0.4, -0.2) is 61.8 Å². The number of hydrogen-bond acceptors (Lipinski definition) is 8. The fraction of sp³-hybridized carbons (Fsp3) is 0.731. The SMILES string of the molecule is C/C(=C\c1csc(C)n1)[C@@H]1C[C@@H](Cl)[C@H](O)CCC[C@H](C)[C@H](O)[C@@H](C)C(=O)C(C)(C)[C@@H](O)CC(=O)O1. The van der Waals surface area contributed by atoms with Crippen LogP contribution in [0.3, 0.4) is 0 Å². The number of carbonyl (C=O) groups excluding carboxylic acids is 2. The molecule has 0 aliphatic carbocycles. The number of thiazole rings is 1. The number of hydrogen-bond donors (Lipinski definition) is 3. The van der Waals surface area contributed by atoms with Crippen LogP contribution in [0.2, 0.25) is 0 Å². The Labute approximate surface area is 217 Å². The summed E-state index contributed by atoms with van der Waals surface area (Å²) < 4.78 is 5.73. The minimum atomic E-state index is -1.29. The quantitative estimate of drug-likeness (QED) is 0.386. The highest BCUT2D eigenvalue weighted by Crippen LogP contribution is 2.33. The molecule has 1 aliphatic heterocycles. The largest absolute Gasteiger partial charge is 0.458 e. The molecule has 0 unspecified atom stereocenters. The molecular weight excluding hydrogens is 490 g/mol. The zero-order valence-corrected chi connectivity index (χ0v) is 23.1. The summed E-state index contributed by atoms with van der Waals surface area (Å²) in [6, 6.07) is 0. The lowest BCUT2D eigenvalue weighted by atomic mass is 9.73. The lowest BCUT2D eigenvalue weighted by Crippen LogP contribution is -2.45. The molecule has 9 heteroatoms. The number of Topliss-reactive ketones (excluding diaryl/α,β-unsaturated/α-hetero) is 1. The molecule has 0 radical (unpaired) electrons. The topological polar surface area (TPSA) is 117 Å². The Kier molecular flexibility index (Phi) is 10.9. The molecule has 2 heterocycles. The number of aromatic nitrogens is 1. The van der Waals surface area contributed by atoms with Gasteiger partial charge in [0.15, 0.2) is 0 Å². The number of nitrogens with zero attached hydrogens (tertiary/aromatic N) is 1. The molecule has 2 rings (SSSR count). The van der Waals surface area contributed by atoms with Gasteiger partial charge in [0, 0.05) is 17.7 Å². The number of aliphatic hydroxyl groups is 3. The van der Waals surface area contributed by atoms with Crippen LogP contribution in [0.15, 0.2) is 11.0 Å². The van der Waals surface area contributed by atoms with Crippen LogP contribution in [-0.2, 0) is 14.3 Å². The van der Waals surface area contributed by atoms with Crippen molar-refractivity contribution in [1.29, 1.82) is 0 Å². The molecule has 0 amide bonds. The lowest BCUT2D eigenvalue weighted by molar-refractivity contribution is -0.154. The number of ketones is 1. The van der Waals surface area contributed by atoms with Crippen molar-refractivity contribution in [1.82, 2.24) is 4.98 Å². The van der Waals surface area contributed by atoms with E-state index in [1.807, 2.05) is 32.2 Å². The first kappa shape index (κ1) is 29.9. The van der Waals surface area contributed by atoms with Gasteiger partial charge in [0.05, 0.1) is 46.2 Å². The fourth-order valence-corrected chi connectivity index (χ4v) is 5.34. The number of esters is 1. The maximum atomic E-state index is 13.2. The van der Waals surface area contributed by atoms with Crippen LogP contribution in [0.25, 0.3) is 6.08 Å². The number of aliphatic hydroxyl groups excluding tert-OH is 3. The van der Waals surface area contributed by atoms with E-state index < -0.39 is 47.1 Å². The Morgan fingerprint density at radius 2 is 1.89 bits per heavy atom. The van der Waals surface area contributed by atoms with E-state index in [2.05, 4.69) is 4.98 Å². The summed E-state index contributed by atoms with van der Waals surface area (Å²) >= 11 is 8.05. The maximum Gasteiger partial charge on any atom is 0.309 e. The Morgan fingerprint density at radius 3 is 2.49 bits per heavy atom. The molecule has 0 aromatic carbocycles. The van der Waals surface area contributed by atoms with Crippen LogP contribution in [0.1, 0.15) is 77.4 Å². The van der Waals surface area contributed by atoms with Crippen molar-refractivity contribution in [3.05, 3.63) is 21.7 Å². The monoisotopic (exact) mass is 529 g/mol. The number of rotatable bonds is 2. The molecule has 1 saturated heterocycles. The zero-order valence-electron chi connectivity index (χ0n) is 21.5. The first-order chi connectivity index (χ1) is 16.2. The van der Waals surface area contributed by atoms with Crippen molar-refractivity contribution in [3.63, 3.8) is 0 Å². The van der Waals surface area contributed by atoms with Crippen molar-refractivity contribution in [2.24, 2.45) is 17.3 Å². The number of aryl methyl sites for hydroxylation is 1. The first-order valence-electron chi connectivity index (χ1n) is 12.3. The van der Waals surface area contributed by atoms with Gasteiger partial charge in [0.1, 0.15) is 11.9 Å². The normalized spacial score (nSPS) is 34.5. The Hall–Kier alpha value is -1.32. The van der Waals surface area contributed by atoms with Crippen LogP contribution in [0.4, 0.5) is 0 Å². The Balaban J connectivity index is 2.33. The number of alkyl halides is 1. The Morgan fingerprint density at radius 1 is 1.23 bits per heavy atom. The standard InChI is InChI=1S/C26H40ClNO6S/c1-14-8-7-9-20(29)19(27)11-21(15(2)10-18-13-35-17(4)28-18)34-23(31)12-22(30)26(5,6)25(33)16(3)24(14)32/h10,13-14,16,19-22,24,29-30,32H,7-9,11-12H2,1-6H3/b15-10+/t14-,16+,19+,20+,21-,22-,24-/m0/s1. The summed E-state index contributed by atoms with van der Waals surface area (Å²) in [6.45, 7) is 10.4. The second-order valence-corrected chi connectivity index (χ2v) is 12.1. The molecule has 0 spiro atoms. The molecular formula is C26H40ClNO6S. The van der Waals surface area contributed by atoms with Gasteiger partial charge >= 0.3 is 5.97 Å². The Bertz CT molecular complexity index is 900. The second-order valence-electron chi connectivity index (χ2n) is 10.5. The third-order valence-corrected chi connectivity index (χ3v) is 8.41. The molecule has 35 heavy (non-hydrogen) atoms. The molecule has 198 valence electrons. The van der Waals surface area contributed by atoms with E-state index in [9.17, 15) is 24.9 Å². The van der Waals surface area contributed by atoms with Crippen LogP contribution < -0.4 is 0 Å². The summed E-state index contributed by atoms with van der Waals surface area (Å²) in [6.07, 6.45) is -0.451. The third kappa shape index (κ3) is 8.09. The average molecular weight is 530 g/mol.